The largest absolute Gasteiger partial charge is 0.363 e. The van der Waals surface area contributed by atoms with Crippen molar-refractivity contribution in [2.24, 2.45) is 0 Å². The lowest BCUT2D eigenvalue weighted by atomic mass is 9.93. The number of carbonyl (C=O) groups is 2. The van der Waals surface area contributed by atoms with Gasteiger partial charge in [0, 0.05) is 24.3 Å². The summed E-state index contributed by atoms with van der Waals surface area (Å²) in [5.74, 6) is -0.402. The minimum absolute atomic E-state index is 0.374. The van der Waals surface area contributed by atoms with E-state index in [0.29, 0.717) is 36.4 Å². The minimum atomic E-state index is -0.857. The third kappa shape index (κ3) is 7.94. The average Bonchev–Trinajstić information content (AvgIpc) is 3.03. The van der Waals surface area contributed by atoms with Gasteiger partial charge in [0.05, 0.1) is 11.6 Å². The van der Waals surface area contributed by atoms with Gasteiger partial charge in [-0.3, -0.25) is 4.79 Å². The molecule has 1 atom stereocenters. The number of amides is 1. The summed E-state index contributed by atoms with van der Waals surface area (Å²) in [6.45, 7) is 3.23. The van der Waals surface area contributed by atoms with Crippen LogP contribution < -0.4 is 10.2 Å². The molecule has 0 aromatic heterocycles. The predicted octanol–water partition coefficient (Wildman–Crippen LogP) is 7.29. The summed E-state index contributed by atoms with van der Waals surface area (Å²) >= 11 is 6.94. The summed E-state index contributed by atoms with van der Waals surface area (Å²) in [7, 11) is 0. The number of carbonyl (C=O) groups excluding carboxylic acids is 2. The summed E-state index contributed by atoms with van der Waals surface area (Å²) in [6, 6.07) is 32.8. The number of nitrogens with one attached hydrogen (secondary N) is 1. The monoisotopic (exact) mass is 597 g/mol. The lowest BCUT2D eigenvalue weighted by molar-refractivity contribution is -0.136. The van der Waals surface area contributed by atoms with Gasteiger partial charge in [0.15, 0.2) is 0 Å². The number of hydrogen-bond acceptors (Lipinski definition) is 6. The third-order valence-electron chi connectivity index (χ3n) is 6.99. The lowest BCUT2D eigenvalue weighted by Gasteiger charge is -2.26. The van der Waals surface area contributed by atoms with Gasteiger partial charge in [-0.15, -0.1) is 0 Å². The van der Waals surface area contributed by atoms with Crippen LogP contribution in [0.2, 0.25) is 0 Å². The fraction of sp³-hybridized carbons (Fsp3) is 0.206. The second kappa shape index (κ2) is 15.1. The Morgan fingerprint density at radius 3 is 2.29 bits per heavy atom. The zero-order chi connectivity index (χ0) is 29.9. The van der Waals surface area contributed by atoms with E-state index in [1.165, 1.54) is 0 Å². The fourth-order valence-corrected chi connectivity index (χ4v) is 5.35. The van der Waals surface area contributed by atoms with Crippen molar-refractivity contribution in [1.82, 2.24) is 5.32 Å². The second-order valence-corrected chi connectivity index (χ2v) is 11.0. The first-order valence-corrected chi connectivity index (χ1v) is 15.2. The topological polar surface area (TPSA) is 82.4 Å². The Kier molecular flexibility index (Phi) is 11.0. The maximum Gasteiger partial charge on any atom is 0.346 e. The number of benzene rings is 4. The van der Waals surface area contributed by atoms with E-state index in [-0.39, 0.29) is 5.91 Å². The number of aryl methyl sites for hydroxylation is 1. The first-order chi connectivity index (χ1) is 20.4. The van der Waals surface area contributed by atoms with Gasteiger partial charge >= 0.3 is 5.97 Å². The van der Waals surface area contributed by atoms with Crippen LogP contribution in [0.15, 0.2) is 97.1 Å². The van der Waals surface area contributed by atoms with E-state index in [2.05, 4.69) is 32.7 Å². The normalized spacial score (nSPS) is 11.3. The molecule has 8 heteroatoms. The molecule has 4 rings (SSSR count). The molecule has 42 heavy (non-hydrogen) atoms. The highest BCUT2D eigenvalue weighted by molar-refractivity contribution is 7.98. The molecule has 214 valence electrons. The van der Waals surface area contributed by atoms with Gasteiger partial charge in [-0.25, -0.2) is 4.79 Å². The van der Waals surface area contributed by atoms with Gasteiger partial charge in [-0.05, 0) is 89.6 Å². The van der Waals surface area contributed by atoms with Crippen molar-refractivity contribution >= 4 is 41.2 Å². The average molecular weight is 598 g/mol. The molecule has 0 aliphatic rings. The smallest absolute Gasteiger partial charge is 0.346 e. The number of nitriles is 1. The van der Waals surface area contributed by atoms with Crippen LogP contribution >= 0.6 is 23.6 Å². The van der Waals surface area contributed by atoms with Crippen molar-refractivity contribution in [2.45, 2.75) is 32.5 Å². The molecule has 4 aromatic carbocycles. The van der Waals surface area contributed by atoms with E-state index in [1.807, 2.05) is 98.1 Å². The Balaban J connectivity index is 1.72. The predicted molar refractivity (Wildman–Crippen MR) is 170 cm³/mol. The summed E-state index contributed by atoms with van der Waals surface area (Å²) in [5.41, 5.74) is 6.92. The van der Waals surface area contributed by atoms with Gasteiger partial charge in [-0.1, -0.05) is 60.7 Å². The molecule has 0 aliphatic carbocycles. The highest BCUT2D eigenvalue weighted by Crippen LogP contribution is 2.30. The molecule has 0 saturated heterocycles. The van der Waals surface area contributed by atoms with E-state index < -0.39 is 12.0 Å². The Bertz CT molecular complexity index is 1550. The Morgan fingerprint density at radius 2 is 1.62 bits per heavy atom. The van der Waals surface area contributed by atoms with E-state index in [1.54, 1.807) is 11.8 Å². The van der Waals surface area contributed by atoms with E-state index in [9.17, 15) is 14.9 Å². The molecule has 0 aliphatic heterocycles. The maximum absolute atomic E-state index is 13.6. The van der Waals surface area contributed by atoms with Gasteiger partial charge in [0.25, 0.3) is 5.91 Å². The van der Waals surface area contributed by atoms with E-state index in [4.69, 9.17) is 11.9 Å². The zero-order valence-corrected chi connectivity index (χ0v) is 25.1. The van der Waals surface area contributed by atoms with Crippen LogP contribution in [-0.2, 0) is 22.2 Å². The molecule has 0 bridgehead atoms. The fourth-order valence-electron chi connectivity index (χ4n) is 4.77. The minimum Gasteiger partial charge on any atom is -0.363 e. The molecule has 6 nitrogen and oxygen atoms in total. The molecule has 0 spiro atoms. The van der Waals surface area contributed by atoms with Crippen LogP contribution in [0.1, 0.15) is 39.0 Å². The third-order valence-corrected chi connectivity index (χ3v) is 7.79. The van der Waals surface area contributed by atoms with Crippen molar-refractivity contribution in [1.29, 1.82) is 5.26 Å². The Morgan fingerprint density at radius 1 is 0.929 bits per heavy atom. The van der Waals surface area contributed by atoms with Gasteiger partial charge in [-0.2, -0.15) is 17.0 Å². The second-order valence-electron chi connectivity index (χ2n) is 9.90. The Hall–Kier alpha value is -4.25. The summed E-state index contributed by atoms with van der Waals surface area (Å²) in [6.07, 6.45) is 2.33. The number of halogens is 1. The van der Waals surface area contributed by atoms with Crippen molar-refractivity contribution in [3.05, 3.63) is 125 Å². The van der Waals surface area contributed by atoms with Gasteiger partial charge in [0.1, 0.15) is 17.9 Å². The highest BCUT2D eigenvalue weighted by atomic mass is 35.5. The first-order valence-electron chi connectivity index (χ1n) is 13.5. The van der Waals surface area contributed by atoms with Crippen LogP contribution in [-0.4, -0.2) is 29.9 Å². The summed E-state index contributed by atoms with van der Waals surface area (Å²) < 4.78 is 4.43. The van der Waals surface area contributed by atoms with Crippen molar-refractivity contribution in [3.63, 3.8) is 0 Å². The zero-order valence-electron chi connectivity index (χ0n) is 23.5. The van der Waals surface area contributed by atoms with Crippen molar-refractivity contribution in [2.75, 3.05) is 16.9 Å². The summed E-state index contributed by atoms with van der Waals surface area (Å²) in [4.78, 5) is 28.1. The molecule has 0 heterocycles. The first kappa shape index (κ1) is 30.7. The van der Waals surface area contributed by atoms with Crippen LogP contribution in [0.4, 0.5) is 5.69 Å². The molecule has 1 N–H and O–H groups in total. The van der Waals surface area contributed by atoms with Gasteiger partial charge in [0.2, 0.25) is 0 Å². The number of thioether (sulfide) groups is 1. The van der Waals surface area contributed by atoms with Crippen molar-refractivity contribution in [3.8, 4) is 17.2 Å². The molecule has 1 unspecified atom stereocenters. The number of rotatable bonds is 12. The van der Waals surface area contributed by atoms with E-state index in [0.717, 1.165) is 33.5 Å². The highest BCUT2D eigenvalue weighted by Gasteiger charge is 2.25. The van der Waals surface area contributed by atoms with Gasteiger partial charge < -0.3 is 14.5 Å². The van der Waals surface area contributed by atoms with Crippen LogP contribution in [0.25, 0.3) is 11.1 Å². The molecule has 4 aromatic rings. The SMILES string of the molecule is CSCCC(NC(=O)c1ccc(CN(Cc2ccccc2)c2ccc(C#N)cc2)cc1-c1ccccc1C)C(=O)OCl. The molecule has 1 amide bonds. The quantitative estimate of drug-likeness (QED) is 0.185. The van der Waals surface area contributed by atoms with Crippen molar-refractivity contribution < 1.29 is 13.9 Å². The number of nitrogens with zero attached hydrogens (tertiary/aromatic N) is 2. The molecule has 0 radical (unpaired) electrons. The molecule has 0 fully saturated rings. The Labute approximate surface area is 256 Å². The van der Waals surface area contributed by atoms with Crippen LogP contribution in [0.5, 0.6) is 0 Å². The molecule has 0 saturated carbocycles. The standard InChI is InChI=1S/C34H32ClN3O3S/c1-24-8-6-7-11-29(24)31-20-27(14-17-30(31)33(39)37-32(18-19-42-2)34(40)41-35)23-38(22-26-9-4-3-5-10-26)28-15-12-25(21-36)13-16-28/h3-17,20,32H,18-19,22-23H2,1-2H3,(H,37,39). The lowest BCUT2D eigenvalue weighted by Crippen LogP contribution is -2.41. The van der Waals surface area contributed by atoms with E-state index >= 15 is 0 Å². The molecular weight excluding hydrogens is 566 g/mol. The number of hydrogen-bond donors (Lipinski definition) is 1. The van der Waals surface area contributed by atoms with Crippen LogP contribution in [0, 0.1) is 18.3 Å². The number of anilines is 1. The maximum atomic E-state index is 13.6. The molecular formula is C34H32ClN3O3S. The summed E-state index contributed by atoms with van der Waals surface area (Å²) in [5, 5.41) is 12.1. The van der Waals surface area contributed by atoms with Crippen LogP contribution in [0.3, 0.4) is 0 Å².